The first kappa shape index (κ1) is 12.5. The van der Waals surface area contributed by atoms with Gasteiger partial charge >= 0.3 is 0 Å². The molecule has 0 aromatic heterocycles. The lowest BCUT2D eigenvalue weighted by atomic mass is 10.00. The quantitative estimate of drug-likeness (QED) is 0.858. The third kappa shape index (κ3) is 2.73. The normalized spacial score (nSPS) is 22.2. The number of nitrogens with one attached hydrogen (secondary N) is 2. The lowest BCUT2D eigenvalue weighted by Gasteiger charge is -2.24. The summed E-state index contributed by atoms with van der Waals surface area (Å²) in [6.07, 6.45) is 4.14. The van der Waals surface area contributed by atoms with Crippen LogP contribution in [0.25, 0.3) is 0 Å². The zero-order valence-corrected chi connectivity index (χ0v) is 11.1. The molecule has 2 heterocycles. The summed E-state index contributed by atoms with van der Waals surface area (Å²) >= 11 is 0. The molecule has 1 aromatic carbocycles. The van der Waals surface area contributed by atoms with Crippen molar-refractivity contribution in [3.63, 3.8) is 0 Å². The highest BCUT2D eigenvalue weighted by Crippen LogP contribution is 2.30. The number of aryl methyl sites for hydroxylation is 1. The molecule has 0 radical (unpaired) electrons. The van der Waals surface area contributed by atoms with Gasteiger partial charge in [-0.05, 0) is 37.3 Å². The van der Waals surface area contributed by atoms with E-state index in [9.17, 15) is 4.79 Å². The maximum Gasteiger partial charge on any atom is 0.229 e. The predicted molar refractivity (Wildman–Crippen MR) is 75.4 cm³/mol. The fourth-order valence-electron chi connectivity index (χ4n) is 2.80. The second-order valence-corrected chi connectivity index (χ2v) is 5.27. The average Bonchev–Trinajstić information content (AvgIpc) is 2.48. The van der Waals surface area contributed by atoms with Gasteiger partial charge in [0.2, 0.25) is 5.91 Å². The highest BCUT2D eigenvalue weighted by Gasteiger charge is 2.23. The van der Waals surface area contributed by atoms with Crippen LogP contribution < -0.4 is 10.6 Å². The molecular weight excluding hydrogens is 240 g/mol. The zero-order valence-electron chi connectivity index (χ0n) is 11.1. The van der Waals surface area contributed by atoms with E-state index >= 15 is 0 Å². The molecule has 2 aliphatic heterocycles. The maximum atomic E-state index is 12.2. The van der Waals surface area contributed by atoms with Crippen molar-refractivity contribution in [2.75, 3.05) is 30.4 Å². The van der Waals surface area contributed by atoms with Gasteiger partial charge in [0, 0.05) is 13.2 Å². The average molecular weight is 260 g/mol. The Kier molecular flexibility index (Phi) is 3.69. The van der Waals surface area contributed by atoms with Crippen LogP contribution in [-0.4, -0.2) is 25.7 Å². The maximum absolute atomic E-state index is 12.2. The van der Waals surface area contributed by atoms with Crippen molar-refractivity contribution in [3.8, 4) is 0 Å². The van der Waals surface area contributed by atoms with E-state index in [0.717, 1.165) is 50.2 Å². The number of anilines is 2. The Balaban J connectivity index is 1.74. The van der Waals surface area contributed by atoms with E-state index in [2.05, 4.69) is 16.7 Å². The smallest absolute Gasteiger partial charge is 0.229 e. The van der Waals surface area contributed by atoms with Crippen molar-refractivity contribution in [2.24, 2.45) is 5.92 Å². The third-order valence-corrected chi connectivity index (χ3v) is 3.86. The fraction of sp³-hybridized carbons (Fsp3) is 0.533. The number of fused-ring (bicyclic) bond motifs is 1. The van der Waals surface area contributed by atoms with E-state index in [1.165, 1.54) is 5.56 Å². The molecule has 4 heteroatoms. The highest BCUT2D eigenvalue weighted by molar-refractivity contribution is 5.96. The topological polar surface area (TPSA) is 50.4 Å². The summed E-state index contributed by atoms with van der Waals surface area (Å²) in [7, 11) is 0. The summed E-state index contributed by atoms with van der Waals surface area (Å²) in [5, 5.41) is 6.45. The number of hydrogen-bond donors (Lipinski definition) is 2. The number of para-hydroxylation sites is 1. The Morgan fingerprint density at radius 2 is 2.32 bits per heavy atom. The van der Waals surface area contributed by atoms with Crippen LogP contribution in [0.2, 0.25) is 0 Å². The first-order chi connectivity index (χ1) is 9.34. The van der Waals surface area contributed by atoms with Crippen LogP contribution in [0.1, 0.15) is 24.8 Å². The molecule has 19 heavy (non-hydrogen) atoms. The second-order valence-electron chi connectivity index (χ2n) is 5.27. The Bertz CT molecular complexity index is 467. The summed E-state index contributed by atoms with van der Waals surface area (Å²) in [5.41, 5.74) is 3.30. The zero-order chi connectivity index (χ0) is 13.1. The van der Waals surface area contributed by atoms with E-state index in [0.29, 0.717) is 6.61 Å². The molecule has 102 valence electrons. The largest absolute Gasteiger partial charge is 0.383 e. The van der Waals surface area contributed by atoms with Gasteiger partial charge in [-0.25, -0.2) is 0 Å². The Labute approximate surface area is 113 Å². The molecule has 1 saturated heterocycles. The lowest BCUT2D eigenvalue weighted by molar-refractivity contribution is -0.123. The molecule has 0 spiro atoms. The second kappa shape index (κ2) is 5.61. The van der Waals surface area contributed by atoms with Crippen LogP contribution in [-0.2, 0) is 16.0 Å². The first-order valence-electron chi connectivity index (χ1n) is 7.09. The third-order valence-electron chi connectivity index (χ3n) is 3.86. The number of rotatable bonds is 2. The number of hydrogen-bond acceptors (Lipinski definition) is 3. The SMILES string of the molecule is O=C(Nc1cccc2c1NCCC2)C1CCCOC1. The molecule has 2 N–H and O–H groups in total. The molecule has 2 aliphatic rings. The summed E-state index contributed by atoms with van der Waals surface area (Å²) < 4.78 is 5.38. The fourth-order valence-corrected chi connectivity index (χ4v) is 2.80. The summed E-state index contributed by atoms with van der Waals surface area (Å²) in [6, 6.07) is 6.11. The van der Waals surface area contributed by atoms with E-state index in [4.69, 9.17) is 4.74 Å². The molecule has 1 aromatic rings. The van der Waals surface area contributed by atoms with Gasteiger partial charge in [-0.15, -0.1) is 0 Å². The highest BCUT2D eigenvalue weighted by atomic mass is 16.5. The van der Waals surface area contributed by atoms with Crippen LogP contribution in [0, 0.1) is 5.92 Å². The minimum atomic E-state index is -0.00630. The minimum Gasteiger partial charge on any atom is -0.383 e. The molecule has 1 unspecified atom stereocenters. The van der Waals surface area contributed by atoms with Gasteiger partial charge in [0.05, 0.1) is 23.9 Å². The Morgan fingerprint density at radius 3 is 3.16 bits per heavy atom. The van der Waals surface area contributed by atoms with Gasteiger partial charge in [-0.2, -0.15) is 0 Å². The molecular formula is C15H20N2O2. The molecule has 0 bridgehead atoms. The van der Waals surface area contributed by atoms with Gasteiger partial charge in [-0.3, -0.25) is 4.79 Å². The summed E-state index contributed by atoms with van der Waals surface area (Å²) in [4.78, 5) is 12.2. The van der Waals surface area contributed by atoms with Crippen molar-refractivity contribution in [3.05, 3.63) is 23.8 Å². The van der Waals surface area contributed by atoms with Crippen LogP contribution in [0.15, 0.2) is 18.2 Å². The van der Waals surface area contributed by atoms with E-state index in [1.54, 1.807) is 0 Å². The predicted octanol–water partition coefficient (Wildman–Crippen LogP) is 2.41. The number of benzene rings is 1. The standard InChI is InChI=1S/C15H20N2O2/c18-15(12-6-3-9-19-10-12)17-13-7-1-4-11-5-2-8-16-14(11)13/h1,4,7,12,16H,2-3,5-6,8-10H2,(H,17,18). The van der Waals surface area contributed by atoms with Crippen LogP contribution in [0.3, 0.4) is 0 Å². The van der Waals surface area contributed by atoms with Crippen LogP contribution in [0.4, 0.5) is 11.4 Å². The van der Waals surface area contributed by atoms with Gasteiger partial charge in [0.25, 0.3) is 0 Å². The van der Waals surface area contributed by atoms with Crippen molar-refractivity contribution in [2.45, 2.75) is 25.7 Å². The number of carbonyl (C=O) groups is 1. The number of amides is 1. The van der Waals surface area contributed by atoms with Crippen molar-refractivity contribution >= 4 is 17.3 Å². The molecule has 0 aliphatic carbocycles. The Hall–Kier alpha value is -1.55. The molecule has 4 nitrogen and oxygen atoms in total. The van der Waals surface area contributed by atoms with E-state index < -0.39 is 0 Å². The lowest BCUT2D eigenvalue weighted by Crippen LogP contribution is -2.30. The molecule has 3 rings (SSSR count). The van der Waals surface area contributed by atoms with E-state index in [-0.39, 0.29) is 11.8 Å². The van der Waals surface area contributed by atoms with Gasteiger partial charge < -0.3 is 15.4 Å². The van der Waals surface area contributed by atoms with Crippen molar-refractivity contribution in [1.82, 2.24) is 0 Å². The molecule has 1 amide bonds. The van der Waals surface area contributed by atoms with Gasteiger partial charge in [0.15, 0.2) is 0 Å². The monoisotopic (exact) mass is 260 g/mol. The minimum absolute atomic E-state index is 0.00630. The van der Waals surface area contributed by atoms with Crippen LogP contribution >= 0.6 is 0 Å². The van der Waals surface area contributed by atoms with Crippen molar-refractivity contribution in [1.29, 1.82) is 0 Å². The number of ether oxygens (including phenoxy) is 1. The van der Waals surface area contributed by atoms with Crippen LogP contribution in [0.5, 0.6) is 0 Å². The first-order valence-corrected chi connectivity index (χ1v) is 7.09. The Morgan fingerprint density at radius 1 is 1.37 bits per heavy atom. The molecule has 1 atom stereocenters. The van der Waals surface area contributed by atoms with Gasteiger partial charge in [0.1, 0.15) is 0 Å². The van der Waals surface area contributed by atoms with E-state index in [1.807, 2.05) is 12.1 Å². The molecule has 1 fully saturated rings. The summed E-state index contributed by atoms with van der Waals surface area (Å²) in [6.45, 7) is 2.31. The number of carbonyl (C=O) groups excluding carboxylic acids is 1. The molecule has 0 saturated carbocycles. The van der Waals surface area contributed by atoms with Crippen molar-refractivity contribution < 1.29 is 9.53 Å². The van der Waals surface area contributed by atoms with Gasteiger partial charge in [-0.1, -0.05) is 12.1 Å². The summed E-state index contributed by atoms with van der Waals surface area (Å²) in [5.74, 6) is 0.0775.